The third-order valence-electron chi connectivity index (χ3n) is 3.46. The summed E-state index contributed by atoms with van der Waals surface area (Å²) in [4.78, 5) is 5.35. The average molecular weight is 182 g/mol. The summed E-state index contributed by atoms with van der Waals surface area (Å²) in [5, 5.41) is 0. The Morgan fingerprint density at radius 3 is 2.92 bits per heavy atom. The Balaban J connectivity index is 1.84. The molecule has 2 fully saturated rings. The van der Waals surface area contributed by atoms with Crippen molar-refractivity contribution in [2.24, 2.45) is 0 Å². The van der Waals surface area contributed by atoms with Gasteiger partial charge in [0.05, 0.1) is 0 Å². The number of piperazine rings is 1. The number of nitrogens with zero attached hydrogens (tertiary/aromatic N) is 2. The van der Waals surface area contributed by atoms with Crippen LogP contribution in [0.25, 0.3) is 0 Å². The van der Waals surface area contributed by atoms with Gasteiger partial charge in [-0.3, -0.25) is 4.90 Å². The molecule has 0 aromatic carbocycles. The second-order valence-electron chi connectivity index (χ2n) is 4.49. The molecule has 0 aromatic rings. The minimum absolute atomic E-state index is 0.897. The number of piperidine rings is 1. The maximum absolute atomic E-state index is 2.70. The van der Waals surface area contributed by atoms with Crippen LogP contribution in [-0.2, 0) is 0 Å². The molecule has 2 aliphatic heterocycles. The Hall–Kier alpha value is -0.0800. The fourth-order valence-electron chi connectivity index (χ4n) is 2.74. The molecule has 0 aromatic heterocycles. The summed E-state index contributed by atoms with van der Waals surface area (Å²) in [6, 6.07) is 0.897. The molecule has 0 unspecified atom stereocenters. The van der Waals surface area contributed by atoms with Crippen molar-refractivity contribution in [1.82, 2.24) is 9.80 Å². The van der Waals surface area contributed by atoms with E-state index >= 15 is 0 Å². The van der Waals surface area contributed by atoms with Crippen LogP contribution in [0.4, 0.5) is 0 Å². The topological polar surface area (TPSA) is 6.48 Å². The summed E-state index contributed by atoms with van der Waals surface area (Å²) >= 11 is 0. The molecule has 2 heteroatoms. The van der Waals surface area contributed by atoms with E-state index in [9.17, 15) is 0 Å². The summed E-state index contributed by atoms with van der Waals surface area (Å²) in [6.07, 6.45) is 5.65. The van der Waals surface area contributed by atoms with Crippen LogP contribution in [0.5, 0.6) is 0 Å². The predicted molar refractivity (Wildman–Crippen MR) is 55.9 cm³/mol. The van der Waals surface area contributed by atoms with Crippen molar-refractivity contribution in [3.05, 3.63) is 0 Å². The van der Waals surface area contributed by atoms with Gasteiger partial charge in [0.1, 0.15) is 0 Å². The molecule has 2 heterocycles. The molecular weight excluding hydrogens is 160 g/mol. The van der Waals surface area contributed by atoms with Gasteiger partial charge in [-0.25, -0.2) is 0 Å². The van der Waals surface area contributed by atoms with Crippen molar-refractivity contribution in [2.75, 3.05) is 32.7 Å². The van der Waals surface area contributed by atoms with Crippen molar-refractivity contribution >= 4 is 0 Å². The highest BCUT2D eigenvalue weighted by molar-refractivity contribution is 4.84. The molecule has 0 radical (unpaired) electrons. The first kappa shape index (κ1) is 9.47. The van der Waals surface area contributed by atoms with E-state index in [1.54, 1.807) is 0 Å². The van der Waals surface area contributed by atoms with Gasteiger partial charge in [0.2, 0.25) is 0 Å². The van der Waals surface area contributed by atoms with Gasteiger partial charge in [0, 0.05) is 25.7 Å². The van der Waals surface area contributed by atoms with Crippen LogP contribution < -0.4 is 0 Å². The minimum Gasteiger partial charge on any atom is -0.301 e. The smallest absolute Gasteiger partial charge is 0.0223 e. The molecule has 0 saturated carbocycles. The largest absolute Gasteiger partial charge is 0.301 e. The molecule has 0 bridgehead atoms. The molecule has 1 atom stereocenters. The monoisotopic (exact) mass is 182 g/mol. The molecule has 0 amide bonds. The van der Waals surface area contributed by atoms with Gasteiger partial charge in [-0.2, -0.15) is 0 Å². The van der Waals surface area contributed by atoms with E-state index in [0.717, 1.165) is 6.04 Å². The normalized spacial score (nSPS) is 31.6. The standard InChI is InChI=1S/C11H22N2/c1-2-6-12-8-9-13-7-4-3-5-11(13)10-12/h11H,2-10H2,1H3/t11-/m1/s1. The van der Waals surface area contributed by atoms with Crippen molar-refractivity contribution < 1.29 is 0 Å². The number of hydrogen-bond donors (Lipinski definition) is 0. The van der Waals surface area contributed by atoms with E-state index < -0.39 is 0 Å². The van der Waals surface area contributed by atoms with Gasteiger partial charge in [-0.1, -0.05) is 13.3 Å². The average Bonchev–Trinajstić information content (AvgIpc) is 2.18. The zero-order chi connectivity index (χ0) is 9.10. The van der Waals surface area contributed by atoms with Crippen LogP contribution in [0.15, 0.2) is 0 Å². The fourth-order valence-corrected chi connectivity index (χ4v) is 2.74. The molecule has 76 valence electrons. The molecule has 13 heavy (non-hydrogen) atoms. The van der Waals surface area contributed by atoms with Crippen molar-refractivity contribution in [3.8, 4) is 0 Å². The van der Waals surface area contributed by atoms with Gasteiger partial charge in [0.15, 0.2) is 0 Å². The molecule has 2 nitrogen and oxygen atoms in total. The quantitative estimate of drug-likeness (QED) is 0.639. The first-order valence-electron chi connectivity index (χ1n) is 5.86. The highest BCUT2D eigenvalue weighted by Gasteiger charge is 2.27. The van der Waals surface area contributed by atoms with E-state index in [-0.39, 0.29) is 0 Å². The second-order valence-corrected chi connectivity index (χ2v) is 4.49. The Morgan fingerprint density at radius 2 is 2.08 bits per heavy atom. The first-order chi connectivity index (χ1) is 6.40. The Kier molecular flexibility index (Phi) is 3.23. The Labute approximate surface area is 81.9 Å². The van der Waals surface area contributed by atoms with Crippen LogP contribution in [0.1, 0.15) is 32.6 Å². The molecular formula is C11H22N2. The van der Waals surface area contributed by atoms with Gasteiger partial charge in [0.25, 0.3) is 0 Å². The van der Waals surface area contributed by atoms with Crippen LogP contribution in [0, 0.1) is 0 Å². The van der Waals surface area contributed by atoms with Gasteiger partial charge in [-0.05, 0) is 32.4 Å². The maximum Gasteiger partial charge on any atom is 0.0223 e. The predicted octanol–water partition coefficient (Wildman–Crippen LogP) is 1.57. The molecule has 2 rings (SSSR count). The van der Waals surface area contributed by atoms with E-state index in [1.165, 1.54) is 58.4 Å². The fraction of sp³-hybridized carbons (Fsp3) is 1.00. The van der Waals surface area contributed by atoms with Gasteiger partial charge in [-0.15, -0.1) is 0 Å². The SMILES string of the molecule is CCCN1CCN2CCCC[C@@H]2C1. The van der Waals surface area contributed by atoms with Crippen LogP contribution in [0.3, 0.4) is 0 Å². The third-order valence-corrected chi connectivity index (χ3v) is 3.46. The van der Waals surface area contributed by atoms with Crippen molar-refractivity contribution in [3.63, 3.8) is 0 Å². The summed E-state index contributed by atoms with van der Waals surface area (Å²) in [7, 11) is 0. The van der Waals surface area contributed by atoms with Crippen LogP contribution in [0.2, 0.25) is 0 Å². The summed E-state index contributed by atoms with van der Waals surface area (Å²) < 4.78 is 0. The zero-order valence-corrected chi connectivity index (χ0v) is 8.84. The maximum atomic E-state index is 2.70. The van der Waals surface area contributed by atoms with E-state index in [0.29, 0.717) is 0 Å². The van der Waals surface area contributed by atoms with Crippen LogP contribution in [-0.4, -0.2) is 48.6 Å². The van der Waals surface area contributed by atoms with E-state index in [1.807, 2.05) is 0 Å². The zero-order valence-electron chi connectivity index (χ0n) is 8.84. The Bertz CT molecular complexity index is 158. The van der Waals surface area contributed by atoms with Crippen molar-refractivity contribution in [1.29, 1.82) is 0 Å². The van der Waals surface area contributed by atoms with Gasteiger partial charge < -0.3 is 4.90 Å². The number of fused-ring (bicyclic) bond motifs is 1. The van der Waals surface area contributed by atoms with E-state index in [2.05, 4.69) is 16.7 Å². The lowest BCUT2D eigenvalue weighted by Crippen LogP contribution is -2.54. The van der Waals surface area contributed by atoms with Crippen molar-refractivity contribution in [2.45, 2.75) is 38.6 Å². The highest BCUT2D eigenvalue weighted by Crippen LogP contribution is 2.20. The second kappa shape index (κ2) is 4.43. The first-order valence-corrected chi connectivity index (χ1v) is 5.86. The molecule has 0 aliphatic carbocycles. The minimum atomic E-state index is 0.897. The third kappa shape index (κ3) is 2.23. The lowest BCUT2D eigenvalue weighted by Gasteiger charge is -2.44. The number of rotatable bonds is 2. The molecule has 0 N–H and O–H groups in total. The summed E-state index contributed by atoms with van der Waals surface area (Å²) in [5.41, 5.74) is 0. The molecule has 2 saturated heterocycles. The van der Waals surface area contributed by atoms with Gasteiger partial charge >= 0.3 is 0 Å². The summed E-state index contributed by atoms with van der Waals surface area (Å²) in [6.45, 7) is 8.94. The number of hydrogen-bond acceptors (Lipinski definition) is 2. The lowest BCUT2D eigenvalue weighted by atomic mass is 9.99. The Morgan fingerprint density at radius 1 is 1.15 bits per heavy atom. The van der Waals surface area contributed by atoms with E-state index in [4.69, 9.17) is 0 Å². The molecule has 2 aliphatic rings. The highest BCUT2D eigenvalue weighted by atomic mass is 15.3. The molecule has 0 spiro atoms. The lowest BCUT2D eigenvalue weighted by molar-refractivity contribution is 0.0495. The summed E-state index contributed by atoms with van der Waals surface area (Å²) in [5.74, 6) is 0. The van der Waals surface area contributed by atoms with Crippen LogP contribution >= 0.6 is 0 Å².